The van der Waals surface area contributed by atoms with Gasteiger partial charge in [-0.15, -0.1) is 0 Å². The summed E-state index contributed by atoms with van der Waals surface area (Å²) in [7, 11) is 0. The van der Waals surface area contributed by atoms with Gasteiger partial charge in [-0.1, -0.05) is 26.7 Å². The van der Waals surface area contributed by atoms with E-state index >= 15 is 0 Å². The molecule has 72 valence electrons. The standard InChI is InChI=1S/C9H20N2O/c1-4-8(5-2)7(3)11-6-9(10)12/h7-8,11H,4-6H2,1-3H3,(H2,10,12). The van der Waals surface area contributed by atoms with Crippen molar-refractivity contribution in [1.82, 2.24) is 5.32 Å². The first kappa shape index (κ1) is 11.4. The van der Waals surface area contributed by atoms with Crippen LogP contribution >= 0.6 is 0 Å². The molecular formula is C9H20N2O. The Hall–Kier alpha value is -0.570. The van der Waals surface area contributed by atoms with E-state index in [1.54, 1.807) is 0 Å². The summed E-state index contributed by atoms with van der Waals surface area (Å²) < 4.78 is 0. The molecule has 0 bridgehead atoms. The quantitative estimate of drug-likeness (QED) is 0.625. The zero-order valence-electron chi connectivity index (χ0n) is 8.26. The first-order chi connectivity index (χ1) is 5.61. The molecule has 1 amide bonds. The summed E-state index contributed by atoms with van der Waals surface area (Å²) in [5.41, 5.74) is 5.02. The number of carbonyl (C=O) groups is 1. The van der Waals surface area contributed by atoms with Crippen molar-refractivity contribution in [2.45, 2.75) is 39.7 Å². The van der Waals surface area contributed by atoms with Crippen LogP contribution in [0.25, 0.3) is 0 Å². The van der Waals surface area contributed by atoms with Crippen LogP contribution in [0.4, 0.5) is 0 Å². The van der Waals surface area contributed by atoms with E-state index < -0.39 is 0 Å². The molecule has 1 unspecified atom stereocenters. The smallest absolute Gasteiger partial charge is 0.231 e. The second kappa shape index (κ2) is 6.00. The van der Waals surface area contributed by atoms with Gasteiger partial charge in [-0.25, -0.2) is 0 Å². The lowest BCUT2D eigenvalue weighted by atomic mass is 9.95. The van der Waals surface area contributed by atoms with Crippen molar-refractivity contribution in [2.24, 2.45) is 11.7 Å². The minimum atomic E-state index is -0.284. The average Bonchev–Trinajstić information content (AvgIpc) is 2.03. The zero-order valence-corrected chi connectivity index (χ0v) is 8.26. The number of hydrogen-bond donors (Lipinski definition) is 2. The van der Waals surface area contributed by atoms with Crippen molar-refractivity contribution in [2.75, 3.05) is 6.54 Å². The van der Waals surface area contributed by atoms with E-state index in [2.05, 4.69) is 26.1 Å². The summed E-state index contributed by atoms with van der Waals surface area (Å²) in [6, 6.07) is 0.382. The van der Waals surface area contributed by atoms with Gasteiger partial charge in [0.25, 0.3) is 0 Å². The van der Waals surface area contributed by atoms with Crippen LogP contribution in [-0.4, -0.2) is 18.5 Å². The van der Waals surface area contributed by atoms with Crippen LogP contribution in [0, 0.1) is 5.92 Å². The number of rotatable bonds is 6. The molecule has 0 fully saturated rings. The fourth-order valence-corrected chi connectivity index (χ4v) is 1.42. The van der Waals surface area contributed by atoms with Gasteiger partial charge in [0.15, 0.2) is 0 Å². The van der Waals surface area contributed by atoms with Crippen LogP contribution in [0.5, 0.6) is 0 Å². The fourth-order valence-electron chi connectivity index (χ4n) is 1.42. The Kier molecular flexibility index (Phi) is 5.72. The molecule has 0 saturated carbocycles. The lowest BCUT2D eigenvalue weighted by Crippen LogP contribution is -2.38. The highest BCUT2D eigenvalue weighted by Crippen LogP contribution is 2.11. The van der Waals surface area contributed by atoms with Crippen molar-refractivity contribution in [3.05, 3.63) is 0 Å². The molecule has 0 rings (SSSR count). The van der Waals surface area contributed by atoms with E-state index in [0.717, 1.165) is 12.8 Å². The second-order valence-electron chi connectivity index (χ2n) is 3.21. The lowest BCUT2D eigenvalue weighted by molar-refractivity contribution is -0.117. The first-order valence-corrected chi connectivity index (χ1v) is 4.63. The molecule has 0 saturated heterocycles. The molecule has 0 aliphatic rings. The van der Waals surface area contributed by atoms with Crippen LogP contribution in [0.1, 0.15) is 33.6 Å². The Labute approximate surface area is 74.7 Å². The third-order valence-electron chi connectivity index (χ3n) is 2.35. The highest BCUT2D eigenvalue weighted by atomic mass is 16.1. The zero-order chi connectivity index (χ0) is 9.56. The Morgan fingerprint density at radius 2 is 1.92 bits per heavy atom. The molecular weight excluding hydrogens is 152 g/mol. The van der Waals surface area contributed by atoms with E-state index in [1.807, 2.05) is 0 Å². The summed E-state index contributed by atoms with van der Waals surface area (Å²) in [4.78, 5) is 10.5. The predicted molar refractivity (Wildman–Crippen MR) is 50.7 cm³/mol. The van der Waals surface area contributed by atoms with Gasteiger partial charge >= 0.3 is 0 Å². The van der Waals surface area contributed by atoms with Crippen molar-refractivity contribution in [3.8, 4) is 0 Å². The molecule has 1 atom stereocenters. The number of nitrogens with two attached hydrogens (primary N) is 1. The second-order valence-corrected chi connectivity index (χ2v) is 3.21. The largest absolute Gasteiger partial charge is 0.369 e. The number of amides is 1. The Balaban J connectivity index is 3.68. The summed E-state index contributed by atoms with van der Waals surface area (Å²) in [6.45, 7) is 6.71. The Morgan fingerprint density at radius 3 is 2.25 bits per heavy atom. The van der Waals surface area contributed by atoms with Crippen molar-refractivity contribution < 1.29 is 4.79 Å². The maximum absolute atomic E-state index is 10.5. The molecule has 0 radical (unpaired) electrons. The van der Waals surface area contributed by atoms with E-state index in [1.165, 1.54) is 0 Å². The van der Waals surface area contributed by atoms with E-state index in [9.17, 15) is 4.79 Å². The molecule has 0 heterocycles. The predicted octanol–water partition coefficient (Wildman–Crippen LogP) is 0.886. The van der Waals surface area contributed by atoms with Crippen LogP contribution in [-0.2, 0) is 4.79 Å². The SMILES string of the molecule is CCC(CC)C(C)NCC(N)=O. The van der Waals surface area contributed by atoms with Crippen LogP contribution < -0.4 is 11.1 Å². The molecule has 3 heteroatoms. The Bertz CT molecular complexity index is 132. The fraction of sp³-hybridized carbons (Fsp3) is 0.889. The highest BCUT2D eigenvalue weighted by Gasteiger charge is 2.12. The molecule has 0 aliphatic heterocycles. The van der Waals surface area contributed by atoms with E-state index in [4.69, 9.17) is 5.73 Å². The topological polar surface area (TPSA) is 55.1 Å². The Morgan fingerprint density at radius 1 is 1.42 bits per heavy atom. The number of carbonyl (C=O) groups excluding carboxylic acids is 1. The van der Waals surface area contributed by atoms with Crippen molar-refractivity contribution in [1.29, 1.82) is 0 Å². The molecule has 0 aromatic carbocycles. The maximum atomic E-state index is 10.5. The van der Waals surface area contributed by atoms with Gasteiger partial charge in [-0.05, 0) is 12.8 Å². The highest BCUT2D eigenvalue weighted by molar-refractivity contribution is 5.75. The molecule has 3 N–H and O–H groups in total. The lowest BCUT2D eigenvalue weighted by Gasteiger charge is -2.21. The van der Waals surface area contributed by atoms with E-state index in [-0.39, 0.29) is 12.5 Å². The van der Waals surface area contributed by atoms with Gasteiger partial charge in [0.05, 0.1) is 6.54 Å². The van der Waals surface area contributed by atoms with Gasteiger partial charge < -0.3 is 11.1 Å². The summed E-state index contributed by atoms with van der Waals surface area (Å²) in [5, 5.41) is 3.11. The summed E-state index contributed by atoms with van der Waals surface area (Å²) in [5.74, 6) is 0.358. The van der Waals surface area contributed by atoms with Crippen LogP contribution in [0.2, 0.25) is 0 Å². The number of nitrogens with one attached hydrogen (secondary N) is 1. The van der Waals surface area contributed by atoms with Gasteiger partial charge in [-0.3, -0.25) is 4.79 Å². The molecule has 12 heavy (non-hydrogen) atoms. The normalized spacial score (nSPS) is 13.3. The first-order valence-electron chi connectivity index (χ1n) is 4.63. The summed E-state index contributed by atoms with van der Waals surface area (Å²) in [6.07, 6.45) is 2.28. The van der Waals surface area contributed by atoms with Gasteiger partial charge in [0.2, 0.25) is 5.91 Å². The van der Waals surface area contributed by atoms with Crippen LogP contribution in [0.3, 0.4) is 0 Å². The average molecular weight is 172 g/mol. The maximum Gasteiger partial charge on any atom is 0.231 e. The molecule has 3 nitrogen and oxygen atoms in total. The van der Waals surface area contributed by atoms with Gasteiger partial charge in [-0.2, -0.15) is 0 Å². The van der Waals surface area contributed by atoms with Gasteiger partial charge in [0, 0.05) is 6.04 Å². The molecule has 0 aliphatic carbocycles. The van der Waals surface area contributed by atoms with Gasteiger partial charge in [0.1, 0.15) is 0 Å². The third-order valence-corrected chi connectivity index (χ3v) is 2.35. The minimum absolute atomic E-state index is 0.284. The number of primary amides is 1. The molecule has 0 aromatic heterocycles. The van der Waals surface area contributed by atoms with Crippen LogP contribution in [0.15, 0.2) is 0 Å². The van der Waals surface area contributed by atoms with Crippen molar-refractivity contribution in [3.63, 3.8) is 0 Å². The minimum Gasteiger partial charge on any atom is -0.369 e. The van der Waals surface area contributed by atoms with E-state index in [0.29, 0.717) is 12.0 Å². The summed E-state index contributed by atoms with van der Waals surface area (Å²) >= 11 is 0. The monoisotopic (exact) mass is 172 g/mol. The third kappa shape index (κ3) is 4.34. The number of hydrogen-bond acceptors (Lipinski definition) is 2. The molecule has 0 aromatic rings. The molecule has 0 spiro atoms. The van der Waals surface area contributed by atoms with Crippen molar-refractivity contribution >= 4 is 5.91 Å².